The number of hydrogen-bond acceptors (Lipinski definition) is 5. The number of H-pyrrole nitrogens is 1. The van der Waals surface area contributed by atoms with Crippen LogP contribution in [0.5, 0.6) is 0 Å². The molecule has 0 aliphatic heterocycles. The normalized spacial score (nSPS) is 10.6. The number of nitrogens with zero attached hydrogens (tertiary/aromatic N) is 3. The van der Waals surface area contributed by atoms with E-state index in [-0.39, 0.29) is 11.3 Å². The molecule has 23 heavy (non-hydrogen) atoms. The van der Waals surface area contributed by atoms with Gasteiger partial charge in [0.2, 0.25) is 0 Å². The number of thioether (sulfide) groups is 1. The standard InChI is InChI=1S/C15H9FN4O2S/c1-2-7-23-14-17-13-12(9-3-5-10(16)6-4-9)11(8-21)19-20(13)15(22)18-14/h1,3-6,8H,7H2,(H,17,18,22). The number of rotatable bonds is 4. The van der Waals surface area contributed by atoms with Gasteiger partial charge in [0.1, 0.15) is 11.5 Å². The first-order valence-corrected chi connectivity index (χ1v) is 7.43. The van der Waals surface area contributed by atoms with Gasteiger partial charge in [-0.2, -0.15) is 9.61 Å². The zero-order valence-corrected chi connectivity index (χ0v) is 12.4. The molecule has 0 aliphatic rings. The average molecular weight is 328 g/mol. The molecule has 2 aromatic heterocycles. The zero-order chi connectivity index (χ0) is 16.4. The lowest BCUT2D eigenvalue weighted by atomic mass is 10.1. The van der Waals surface area contributed by atoms with Gasteiger partial charge in [0.15, 0.2) is 17.1 Å². The van der Waals surface area contributed by atoms with Crippen LogP contribution in [0.25, 0.3) is 16.8 Å². The second-order valence-electron chi connectivity index (χ2n) is 4.46. The molecule has 0 fully saturated rings. The number of fused-ring (bicyclic) bond motifs is 1. The quantitative estimate of drug-likeness (QED) is 0.448. The summed E-state index contributed by atoms with van der Waals surface area (Å²) in [6.07, 6.45) is 5.73. The van der Waals surface area contributed by atoms with Gasteiger partial charge < -0.3 is 0 Å². The fourth-order valence-corrected chi connectivity index (χ4v) is 2.62. The Bertz CT molecular complexity index is 986. The van der Waals surface area contributed by atoms with Gasteiger partial charge in [-0.25, -0.2) is 14.2 Å². The molecular formula is C15H9FN4O2S. The molecule has 8 heteroatoms. The van der Waals surface area contributed by atoms with Crippen molar-refractivity contribution in [1.29, 1.82) is 0 Å². The van der Waals surface area contributed by atoms with Gasteiger partial charge in [0.25, 0.3) is 0 Å². The highest BCUT2D eigenvalue weighted by atomic mass is 32.2. The van der Waals surface area contributed by atoms with Gasteiger partial charge in [0, 0.05) is 0 Å². The molecule has 0 amide bonds. The minimum atomic E-state index is -0.536. The first kappa shape index (κ1) is 15.0. The molecule has 0 saturated heterocycles. The predicted molar refractivity (Wildman–Crippen MR) is 83.9 cm³/mol. The Hall–Kier alpha value is -2.92. The highest BCUT2D eigenvalue weighted by Gasteiger charge is 2.18. The Morgan fingerprint density at radius 2 is 2.13 bits per heavy atom. The van der Waals surface area contributed by atoms with Crippen LogP contribution >= 0.6 is 11.8 Å². The summed E-state index contributed by atoms with van der Waals surface area (Å²) in [5.74, 6) is 2.36. The van der Waals surface area contributed by atoms with Gasteiger partial charge in [-0.15, -0.1) is 6.42 Å². The minimum absolute atomic E-state index is 0.0497. The number of aldehydes is 1. The van der Waals surface area contributed by atoms with Gasteiger partial charge in [-0.05, 0) is 17.7 Å². The summed E-state index contributed by atoms with van der Waals surface area (Å²) >= 11 is 1.18. The second kappa shape index (κ2) is 6.06. The maximum absolute atomic E-state index is 13.1. The van der Waals surface area contributed by atoms with Crippen LogP contribution in [0, 0.1) is 18.2 Å². The van der Waals surface area contributed by atoms with Crippen LogP contribution in [0.3, 0.4) is 0 Å². The number of terminal acetylenes is 1. The minimum Gasteiger partial charge on any atom is -0.296 e. The van der Waals surface area contributed by atoms with Gasteiger partial charge >= 0.3 is 5.69 Å². The van der Waals surface area contributed by atoms with Crippen LogP contribution in [0.15, 0.2) is 34.2 Å². The Morgan fingerprint density at radius 1 is 1.39 bits per heavy atom. The third-order valence-corrected chi connectivity index (χ3v) is 3.82. The summed E-state index contributed by atoms with van der Waals surface area (Å²) in [4.78, 5) is 30.2. The monoisotopic (exact) mass is 328 g/mol. The van der Waals surface area contributed by atoms with Gasteiger partial charge in [0.05, 0.1) is 11.3 Å². The van der Waals surface area contributed by atoms with Crippen molar-refractivity contribution in [3.63, 3.8) is 0 Å². The van der Waals surface area contributed by atoms with Crippen LogP contribution in [-0.2, 0) is 0 Å². The van der Waals surface area contributed by atoms with Crippen LogP contribution < -0.4 is 5.69 Å². The molecule has 3 rings (SSSR count). The number of benzene rings is 1. The lowest BCUT2D eigenvalue weighted by Gasteiger charge is -2.01. The molecule has 0 spiro atoms. The van der Waals surface area contributed by atoms with E-state index in [1.165, 1.54) is 36.0 Å². The van der Waals surface area contributed by atoms with E-state index in [9.17, 15) is 14.0 Å². The molecule has 0 unspecified atom stereocenters. The van der Waals surface area contributed by atoms with Gasteiger partial charge in [-0.1, -0.05) is 29.8 Å². The summed E-state index contributed by atoms with van der Waals surface area (Å²) in [6, 6.07) is 5.51. The Balaban J connectivity index is 2.28. The highest BCUT2D eigenvalue weighted by molar-refractivity contribution is 7.99. The number of carbonyl (C=O) groups is 1. The predicted octanol–water partition coefficient (Wildman–Crippen LogP) is 1.76. The molecule has 1 aromatic carbocycles. The van der Waals surface area contributed by atoms with Crippen molar-refractivity contribution < 1.29 is 9.18 Å². The third kappa shape index (κ3) is 2.74. The van der Waals surface area contributed by atoms with Crippen molar-refractivity contribution in [2.45, 2.75) is 5.16 Å². The topological polar surface area (TPSA) is 80.1 Å². The van der Waals surface area contributed by atoms with Crippen LogP contribution in [0.4, 0.5) is 4.39 Å². The molecule has 0 aliphatic carbocycles. The van der Waals surface area contributed by atoms with E-state index in [0.717, 1.165) is 4.52 Å². The molecule has 6 nitrogen and oxygen atoms in total. The second-order valence-corrected chi connectivity index (χ2v) is 5.42. The molecular weight excluding hydrogens is 319 g/mol. The molecule has 0 bridgehead atoms. The summed E-state index contributed by atoms with van der Waals surface area (Å²) in [5.41, 5.74) is 0.629. The first-order valence-electron chi connectivity index (χ1n) is 6.44. The highest BCUT2D eigenvalue weighted by Crippen LogP contribution is 2.27. The van der Waals surface area contributed by atoms with Crippen molar-refractivity contribution in [2.75, 3.05) is 5.75 Å². The molecule has 2 heterocycles. The molecule has 3 aromatic rings. The Morgan fingerprint density at radius 3 is 2.78 bits per heavy atom. The molecule has 114 valence electrons. The van der Waals surface area contributed by atoms with Crippen LogP contribution in [-0.4, -0.2) is 31.6 Å². The summed E-state index contributed by atoms with van der Waals surface area (Å²) < 4.78 is 14.1. The zero-order valence-electron chi connectivity index (χ0n) is 11.6. The van der Waals surface area contributed by atoms with Crippen molar-refractivity contribution >= 4 is 23.7 Å². The number of nitrogens with one attached hydrogen (secondary N) is 1. The van der Waals surface area contributed by atoms with Crippen LogP contribution in [0.1, 0.15) is 10.5 Å². The number of hydrogen-bond donors (Lipinski definition) is 1. The molecule has 0 atom stereocenters. The van der Waals surface area contributed by atoms with Crippen molar-refractivity contribution in [1.82, 2.24) is 19.6 Å². The van der Waals surface area contributed by atoms with E-state index in [0.29, 0.717) is 28.3 Å². The molecule has 1 N–H and O–H groups in total. The Kier molecular flexibility index (Phi) is 3.95. The first-order chi connectivity index (χ1) is 11.1. The maximum Gasteiger partial charge on any atom is 0.350 e. The smallest absolute Gasteiger partial charge is 0.296 e. The van der Waals surface area contributed by atoms with E-state index in [1.807, 2.05) is 0 Å². The number of aromatic amines is 1. The molecule has 0 saturated carbocycles. The molecule has 0 radical (unpaired) electrons. The van der Waals surface area contributed by atoms with E-state index in [1.54, 1.807) is 0 Å². The van der Waals surface area contributed by atoms with Gasteiger partial charge in [-0.3, -0.25) is 9.78 Å². The van der Waals surface area contributed by atoms with E-state index < -0.39 is 11.5 Å². The summed E-state index contributed by atoms with van der Waals surface area (Å²) in [5, 5.41) is 4.27. The van der Waals surface area contributed by atoms with Crippen molar-refractivity contribution in [3.8, 4) is 23.5 Å². The summed E-state index contributed by atoms with van der Waals surface area (Å²) in [6.45, 7) is 0. The van der Waals surface area contributed by atoms with E-state index >= 15 is 0 Å². The summed E-state index contributed by atoms with van der Waals surface area (Å²) in [7, 11) is 0. The van der Waals surface area contributed by atoms with E-state index in [4.69, 9.17) is 6.42 Å². The van der Waals surface area contributed by atoms with Crippen LogP contribution in [0.2, 0.25) is 0 Å². The van der Waals surface area contributed by atoms with Crippen molar-refractivity contribution in [3.05, 3.63) is 46.3 Å². The fraction of sp³-hybridized carbons (Fsp3) is 0.0667. The van der Waals surface area contributed by atoms with E-state index in [2.05, 4.69) is 21.0 Å². The maximum atomic E-state index is 13.1. The van der Waals surface area contributed by atoms with Crippen molar-refractivity contribution in [2.24, 2.45) is 0 Å². The number of aromatic nitrogens is 4. The fourth-order valence-electron chi connectivity index (χ4n) is 2.09. The number of halogens is 1. The number of carbonyl (C=O) groups excluding carboxylic acids is 1. The lowest BCUT2D eigenvalue weighted by Crippen LogP contribution is -2.19. The largest absolute Gasteiger partial charge is 0.350 e. The average Bonchev–Trinajstić information content (AvgIpc) is 2.93. The Labute approximate surface area is 133 Å². The SMILES string of the molecule is C#CCSc1nc2c(-c3ccc(F)cc3)c(C=O)nn2c(=O)[nH]1. The third-order valence-electron chi connectivity index (χ3n) is 3.04. The lowest BCUT2D eigenvalue weighted by molar-refractivity contribution is 0.111.